The fourth-order valence-corrected chi connectivity index (χ4v) is 4.90. The van der Waals surface area contributed by atoms with E-state index in [1.807, 2.05) is 29.0 Å². The maximum Gasteiger partial charge on any atom is 0.351 e. The van der Waals surface area contributed by atoms with E-state index >= 15 is 0 Å². The Labute approximate surface area is 149 Å². The molecule has 0 aromatic carbocycles. The van der Waals surface area contributed by atoms with Gasteiger partial charge >= 0.3 is 5.97 Å². The zero-order valence-corrected chi connectivity index (χ0v) is 15.4. The van der Waals surface area contributed by atoms with E-state index in [2.05, 4.69) is 19.9 Å². The predicted molar refractivity (Wildman–Crippen MR) is 91.6 cm³/mol. The summed E-state index contributed by atoms with van der Waals surface area (Å²) >= 11 is 10.1. The van der Waals surface area contributed by atoms with Crippen LogP contribution in [-0.4, -0.2) is 32.8 Å². The van der Waals surface area contributed by atoms with Gasteiger partial charge < -0.3 is 9.30 Å². The first-order valence-corrected chi connectivity index (χ1v) is 9.42. The molecule has 3 rings (SSSR count). The molecule has 0 aliphatic heterocycles. The molecule has 0 N–H and O–H groups in total. The van der Waals surface area contributed by atoms with Crippen LogP contribution in [0.1, 0.15) is 16.6 Å². The van der Waals surface area contributed by atoms with Gasteiger partial charge in [-0.3, -0.25) is 0 Å². The highest BCUT2D eigenvalue weighted by atomic mass is 35.5. The fraction of sp³-hybridized carbons (Fsp3) is 0.231. The van der Waals surface area contributed by atoms with Crippen molar-refractivity contribution in [3.8, 4) is 10.7 Å². The first kappa shape index (κ1) is 16.4. The summed E-state index contributed by atoms with van der Waals surface area (Å²) in [6.07, 6.45) is 0. The maximum absolute atomic E-state index is 11.6. The van der Waals surface area contributed by atoms with Gasteiger partial charge in [-0.25, -0.2) is 9.78 Å². The van der Waals surface area contributed by atoms with Crippen LogP contribution in [0.2, 0.25) is 5.15 Å². The number of ether oxygens (including phenoxy) is 1. The third-order valence-electron chi connectivity index (χ3n) is 2.89. The Morgan fingerprint density at radius 2 is 2.30 bits per heavy atom. The van der Waals surface area contributed by atoms with Crippen LogP contribution in [0, 0.1) is 0 Å². The van der Waals surface area contributed by atoms with Crippen LogP contribution in [0.3, 0.4) is 0 Å². The molecule has 0 amide bonds. The summed E-state index contributed by atoms with van der Waals surface area (Å²) in [5.74, 6) is 0.330. The minimum atomic E-state index is -0.490. The summed E-state index contributed by atoms with van der Waals surface area (Å²) in [5.41, 5.74) is 0. The minimum absolute atomic E-state index is 0.144. The lowest BCUT2D eigenvalue weighted by atomic mass is 10.4. The zero-order valence-electron chi connectivity index (χ0n) is 12.1. The van der Waals surface area contributed by atoms with Crippen molar-refractivity contribution < 1.29 is 9.53 Å². The number of thiazole rings is 1. The minimum Gasteiger partial charge on any atom is -0.465 e. The van der Waals surface area contributed by atoms with Gasteiger partial charge in [0.25, 0.3) is 0 Å². The predicted octanol–water partition coefficient (Wildman–Crippen LogP) is 4.07. The van der Waals surface area contributed by atoms with E-state index in [4.69, 9.17) is 11.6 Å². The summed E-state index contributed by atoms with van der Waals surface area (Å²) in [7, 11) is 1.31. The SMILES string of the molecule is CCn1c(Sc2nc(Cl)c(C(=O)OC)s2)nnc1-c1cccs1. The first-order valence-electron chi connectivity index (χ1n) is 6.53. The second-order valence-electron chi connectivity index (χ2n) is 4.22. The van der Waals surface area contributed by atoms with Crippen LogP contribution >= 0.6 is 46.0 Å². The monoisotopic (exact) mass is 386 g/mol. The number of carbonyl (C=O) groups is 1. The number of thiophene rings is 1. The van der Waals surface area contributed by atoms with Gasteiger partial charge in [-0.05, 0) is 30.1 Å². The highest BCUT2D eigenvalue weighted by molar-refractivity contribution is 8.00. The summed E-state index contributed by atoms with van der Waals surface area (Å²) in [6.45, 7) is 2.75. The van der Waals surface area contributed by atoms with E-state index in [1.54, 1.807) is 11.3 Å². The van der Waals surface area contributed by atoms with E-state index in [-0.39, 0.29) is 10.0 Å². The van der Waals surface area contributed by atoms with Gasteiger partial charge in [0, 0.05) is 6.54 Å². The zero-order chi connectivity index (χ0) is 16.4. The second-order valence-corrected chi connectivity index (χ2v) is 7.74. The van der Waals surface area contributed by atoms with Crippen molar-refractivity contribution in [1.29, 1.82) is 0 Å². The van der Waals surface area contributed by atoms with Crippen molar-refractivity contribution >= 4 is 52.0 Å². The van der Waals surface area contributed by atoms with E-state index in [0.29, 0.717) is 9.50 Å². The molecule has 0 spiro atoms. The lowest BCUT2D eigenvalue weighted by molar-refractivity contribution is 0.0606. The topological polar surface area (TPSA) is 69.9 Å². The van der Waals surface area contributed by atoms with Crippen LogP contribution in [0.5, 0.6) is 0 Å². The molecule has 0 bridgehead atoms. The smallest absolute Gasteiger partial charge is 0.351 e. The molecule has 0 saturated carbocycles. The number of methoxy groups -OCH3 is 1. The Kier molecular flexibility index (Phi) is 5.00. The summed E-state index contributed by atoms with van der Waals surface area (Å²) < 4.78 is 7.31. The lowest BCUT2D eigenvalue weighted by Crippen LogP contribution is -1.98. The van der Waals surface area contributed by atoms with Crippen LogP contribution in [0.15, 0.2) is 27.0 Å². The Balaban J connectivity index is 1.91. The van der Waals surface area contributed by atoms with E-state index in [1.165, 1.54) is 30.2 Å². The Morgan fingerprint density at radius 3 is 2.96 bits per heavy atom. The summed E-state index contributed by atoms with van der Waals surface area (Å²) in [6, 6.07) is 3.98. The quantitative estimate of drug-likeness (QED) is 0.615. The van der Waals surface area contributed by atoms with Gasteiger partial charge in [0.2, 0.25) is 0 Å². The number of carbonyl (C=O) groups excluding carboxylic acids is 1. The van der Waals surface area contributed by atoms with Crippen LogP contribution in [0.25, 0.3) is 10.7 Å². The number of esters is 1. The number of aromatic nitrogens is 4. The number of hydrogen-bond donors (Lipinski definition) is 0. The van der Waals surface area contributed by atoms with Gasteiger partial charge in [-0.2, -0.15) is 0 Å². The number of hydrogen-bond acceptors (Lipinski definition) is 8. The van der Waals surface area contributed by atoms with E-state index in [9.17, 15) is 4.79 Å². The molecule has 23 heavy (non-hydrogen) atoms. The Hall–Kier alpha value is -1.42. The molecule has 0 saturated heterocycles. The molecule has 3 aromatic rings. The van der Waals surface area contributed by atoms with Crippen molar-refractivity contribution in [3.63, 3.8) is 0 Å². The lowest BCUT2D eigenvalue weighted by Gasteiger charge is -2.04. The second kappa shape index (κ2) is 7.00. The van der Waals surface area contributed by atoms with Crippen LogP contribution < -0.4 is 0 Å². The van der Waals surface area contributed by atoms with Crippen LogP contribution in [0.4, 0.5) is 0 Å². The molecule has 0 unspecified atom stereocenters. The molecule has 120 valence electrons. The van der Waals surface area contributed by atoms with E-state index in [0.717, 1.165) is 17.2 Å². The van der Waals surface area contributed by atoms with Crippen molar-refractivity contribution in [2.45, 2.75) is 23.0 Å². The Bertz CT molecular complexity index is 829. The molecular formula is C13H11ClN4O2S3. The molecule has 6 nitrogen and oxygen atoms in total. The van der Waals surface area contributed by atoms with Crippen molar-refractivity contribution in [1.82, 2.24) is 19.7 Å². The van der Waals surface area contributed by atoms with Gasteiger partial charge in [0.15, 0.2) is 25.4 Å². The maximum atomic E-state index is 11.6. The van der Waals surface area contributed by atoms with Crippen LogP contribution in [-0.2, 0) is 11.3 Å². The average Bonchev–Trinajstić information content (AvgIpc) is 3.26. The first-order chi connectivity index (χ1) is 11.1. The van der Waals surface area contributed by atoms with Crippen molar-refractivity contribution in [3.05, 3.63) is 27.5 Å². The van der Waals surface area contributed by atoms with Crippen molar-refractivity contribution in [2.24, 2.45) is 0 Å². The highest BCUT2D eigenvalue weighted by Crippen LogP contribution is 2.36. The van der Waals surface area contributed by atoms with Crippen molar-refractivity contribution in [2.75, 3.05) is 7.11 Å². The molecule has 0 aliphatic rings. The average molecular weight is 387 g/mol. The summed E-state index contributed by atoms with van der Waals surface area (Å²) in [4.78, 5) is 17.1. The van der Waals surface area contributed by atoms with E-state index < -0.39 is 5.97 Å². The molecule has 0 atom stereocenters. The normalized spacial score (nSPS) is 10.9. The molecule has 3 heterocycles. The standard InChI is InChI=1S/C13H11ClN4O2S3/c1-3-18-10(7-5-4-6-21-7)16-17-12(18)23-13-15-9(14)8(22-13)11(19)20-2/h4-6H,3H2,1-2H3. The molecular weight excluding hydrogens is 376 g/mol. The summed E-state index contributed by atoms with van der Waals surface area (Å²) in [5, 5.41) is 11.3. The highest BCUT2D eigenvalue weighted by Gasteiger charge is 2.20. The molecule has 0 radical (unpaired) electrons. The number of nitrogens with zero attached hydrogens (tertiary/aromatic N) is 4. The van der Waals surface area contributed by atoms with Gasteiger partial charge in [-0.1, -0.05) is 29.0 Å². The number of rotatable bonds is 5. The third kappa shape index (κ3) is 3.27. The Morgan fingerprint density at radius 1 is 1.48 bits per heavy atom. The van der Waals surface area contributed by atoms with Gasteiger partial charge in [0.1, 0.15) is 0 Å². The van der Waals surface area contributed by atoms with Gasteiger partial charge in [0.05, 0.1) is 12.0 Å². The fourth-order valence-electron chi connectivity index (χ4n) is 1.86. The third-order valence-corrected chi connectivity index (χ3v) is 6.22. The molecule has 10 heteroatoms. The van der Waals surface area contributed by atoms with Gasteiger partial charge in [-0.15, -0.1) is 21.5 Å². The molecule has 0 aliphatic carbocycles. The largest absolute Gasteiger partial charge is 0.465 e. The molecule has 0 fully saturated rings. The number of halogens is 1. The molecule has 3 aromatic heterocycles.